The number of piperidine rings is 1. The Morgan fingerprint density at radius 3 is 2.38 bits per heavy atom. The van der Waals surface area contributed by atoms with Gasteiger partial charge in [0.05, 0.1) is 19.7 Å². The largest absolute Gasteiger partial charge is 0.497 e. The Morgan fingerprint density at radius 2 is 1.83 bits per heavy atom. The van der Waals surface area contributed by atoms with E-state index in [1.807, 2.05) is 12.1 Å². The minimum Gasteiger partial charge on any atom is -0.497 e. The molecule has 1 aromatic rings. The van der Waals surface area contributed by atoms with Crippen LogP contribution in [0.4, 0.5) is 0 Å². The zero-order valence-corrected chi connectivity index (χ0v) is 15.5. The minimum absolute atomic E-state index is 0.0751. The fourth-order valence-corrected chi connectivity index (χ4v) is 3.10. The van der Waals surface area contributed by atoms with Crippen LogP contribution < -0.4 is 15.8 Å². The molecule has 5 heteroatoms. The predicted octanol–water partition coefficient (Wildman–Crippen LogP) is 2.93. The normalized spacial score (nSPS) is 18.2. The third kappa shape index (κ3) is 5.71. The lowest BCUT2D eigenvalue weighted by Crippen LogP contribution is -2.45. The molecular formula is C19H32N4O. The number of rotatable bonds is 5. The van der Waals surface area contributed by atoms with Gasteiger partial charge < -0.3 is 15.8 Å². The van der Waals surface area contributed by atoms with E-state index in [0.29, 0.717) is 12.5 Å². The van der Waals surface area contributed by atoms with Crippen molar-refractivity contribution in [3.05, 3.63) is 29.8 Å². The molecule has 1 fully saturated rings. The number of methoxy groups -OCH3 is 1. The van der Waals surface area contributed by atoms with Crippen molar-refractivity contribution in [2.24, 2.45) is 10.7 Å². The van der Waals surface area contributed by atoms with E-state index in [2.05, 4.69) is 48.1 Å². The van der Waals surface area contributed by atoms with Crippen molar-refractivity contribution in [2.75, 3.05) is 26.7 Å². The molecule has 0 aromatic heterocycles. The van der Waals surface area contributed by atoms with Gasteiger partial charge in [0.15, 0.2) is 5.96 Å². The number of hydrogen-bond donors (Lipinski definition) is 2. The summed E-state index contributed by atoms with van der Waals surface area (Å²) in [7, 11) is 1.69. The quantitative estimate of drug-likeness (QED) is 0.643. The van der Waals surface area contributed by atoms with E-state index < -0.39 is 0 Å². The van der Waals surface area contributed by atoms with Gasteiger partial charge in [-0.15, -0.1) is 0 Å². The SMILES string of the molecule is COc1ccc(C(CN=C(N)NC(C)(C)C)N2CCCCC2)cc1. The Balaban J connectivity index is 2.14. The number of nitrogens with zero attached hydrogens (tertiary/aromatic N) is 2. The maximum absolute atomic E-state index is 6.06. The first-order valence-corrected chi connectivity index (χ1v) is 8.85. The van der Waals surface area contributed by atoms with Crippen LogP contribution in [0.1, 0.15) is 51.6 Å². The van der Waals surface area contributed by atoms with E-state index in [1.54, 1.807) is 7.11 Å². The van der Waals surface area contributed by atoms with Crippen molar-refractivity contribution in [1.29, 1.82) is 0 Å². The molecule has 1 aliphatic heterocycles. The minimum atomic E-state index is -0.0751. The summed E-state index contributed by atoms with van der Waals surface area (Å²) in [5, 5.41) is 3.24. The lowest BCUT2D eigenvalue weighted by Gasteiger charge is -2.34. The van der Waals surface area contributed by atoms with Crippen molar-refractivity contribution >= 4 is 5.96 Å². The van der Waals surface area contributed by atoms with E-state index >= 15 is 0 Å². The van der Waals surface area contributed by atoms with Crippen LogP contribution in [0.2, 0.25) is 0 Å². The number of likely N-dealkylation sites (tertiary alicyclic amines) is 1. The maximum atomic E-state index is 6.06. The molecule has 24 heavy (non-hydrogen) atoms. The summed E-state index contributed by atoms with van der Waals surface area (Å²) in [6.07, 6.45) is 3.83. The molecule has 2 rings (SSSR count). The van der Waals surface area contributed by atoms with Crippen LogP contribution in [0.5, 0.6) is 5.75 Å². The number of benzene rings is 1. The first-order chi connectivity index (χ1) is 11.4. The molecule has 5 nitrogen and oxygen atoms in total. The van der Waals surface area contributed by atoms with Gasteiger partial charge in [-0.05, 0) is 64.4 Å². The molecule has 0 saturated carbocycles. The first-order valence-electron chi connectivity index (χ1n) is 8.85. The fraction of sp³-hybridized carbons (Fsp3) is 0.632. The molecular weight excluding hydrogens is 300 g/mol. The van der Waals surface area contributed by atoms with Gasteiger partial charge in [0, 0.05) is 5.54 Å². The Morgan fingerprint density at radius 1 is 1.21 bits per heavy atom. The average molecular weight is 332 g/mol. The Kier molecular flexibility index (Phi) is 6.49. The third-order valence-corrected chi connectivity index (χ3v) is 4.27. The van der Waals surface area contributed by atoms with Gasteiger partial charge >= 0.3 is 0 Å². The molecule has 1 aliphatic rings. The van der Waals surface area contributed by atoms with Gasteiger partial charge in [-0.1, -0.05) is 18.6 Å². The van der Waals surface area contributed by atoms with Crippen molar-refractivity contribution in [3.63, 3.8) is 0 Å². The second-order valence-electron chi connectivity index (χ2n) is 7.49. The molecule has 1 aromatic carbocycles. The van der Waals surface area contributed by atoms with E-state index in [9.17, 15) is 0 Å². The van der Waals surface area contributed by atoms with Crippen molar-refractivity contribution < 1.29 is 4.74 Å². The summed E-state index contributed by atoms with van der Waals surface area (Å²) in [5.74, 6) is 1.39. The molecule has 0 spiro atoms. The Hall–Kier alpha value is -1.75. The predicted molar refractivity (Wildman–Crippen MR) is 101 cm³/mol. The van der Waals surface area contributed by atoms with Gasteiger partial charge in [0.2, 0.25) is 0 Å². The molecule has 0 radical (unpaired) electrons. The summed E-state index contributed by atoms with van der Waals surface area (Å²) in [4.78, 5) is 7.14. The van der Waals surface area contributed by atoms with Crippen LogP contribution in [-0.2, 0) is 0 Å². The van der Waals surface area contributed by atoms with Crippen LogP contribution in [0.15, 0.2) is 29.3 Å². The fourth-order valence-electron chi connectivity index (χ4n) is 3.10. The van der Waals surface area contributed by atoms with Gasteiger partial charge in [0.25, 0.3) is 0 Å². The molecule has 134 valence electrons. The van der Waals surface area contributed by atoms with Crippen LogP contribution in [0.25, 0.3) is 0 Å². The molecule has 0 aliphatic carbocycles. The summed E-state index contributed by atoms with van der Waals surface area (Å²) in [6, 6.07) is 8.58. The van der Waals surface area contributed by atoms with Gasteiger partial charge in [-0.2, -0.15) is 0 Å². The summed E-state index contributed by atoms with van der Waals surface area (Å²) < 4.78 is 5.28. The third-order valence-electron chi connectivity index (χ3n) is 4.27. The van der Waals surface area contributed by atoms with Crippen molar-refractivity contribution in [3.8, 4) is 5.75 Å². The lowest BCUT2D eigenvalue weighted by molar-refractivity contribution is 0.167. The highest BCUT2D eigenvalue weighted by atomic mass is 16.5. The number of ether oxygens (including phenoxy) is 1. The van der Waals surface area contributed by atoms with Gasteiger partial charge in [0.1, 0.15) is 5.75 Å². The highest BCUT2D eigenvalue weighted by Crippen LogP contribution is 2.26. The Bertz CT molecular complexity index is 527. The zero-order valence-electron chi connectivity index (χ0n) is 15.5. The van der Waals surface area contributed by atoms with Crippen molar-refractivity contribution in [1.82, 2.24) is 10.2 Å². The topological polar surface area (TPSA) is 62.9 Å². The molecule has 3 N–H and O–H groups in total. The van der Waals surface area contributed by atoms with E-state index in [-0.39, 0.29) is 11.6 Å². The standard InChI is InChI=1S/C19H32N4O/c1-19(2,3)22-18(20)21-14-17(23-12-6-5-7-13-23)15-8-10-16(24-4)11-9-15/h8-11,17H,5-7,12-14H2,1-4H3,(H3,20,21,22). The highest BCUT2D eigenvalue weighted by Gasteiger charge is 2.22. The smallest absolute Gasteiger partial charge is 0.189 e. The van der Waals surface area contributed by atoms with Crippen LogP contribution in [0.3, 0.4) is 0 Å². The Labute approximate surface area is 146 Å². The lowest BCUT2D eigenvalue weighted by atomic mass is 10.0. The first kappa shape index (κ1) is 18.6. The number of nitrogens with two attached hydrogens (primary N) is 1. The van der Waals surface area contributed by atoms with E-state index in [0.717, 1.165) is 18.8 Å². The summed E-state index contributed by atoms with van der Waals surface area (Å²) in [6.45, 7) is 9.17. The maximum Gasteiger partial charge on any atom is 0.189 e. The summed E-state index contributed by atoms with van der Waals surface area (Å²) >= 11 is 0. The number of guanidine groups is 1. The number of hydrogen-bond acceptors (Lipinski definition) is 3. The van der Waals surface area contributed by atoms with Crippen molar-refractivity contribution in [2.45, 2.75) is 51.6 Å². The molecule has 1 saturated heterocycles. The monoisotopic (exact) mass is 332 g/mol. The molecule has 0 bridgehead atoms. The molecule has 1 atom stereocenters. The van der Waals surface area contributed by atoms with E-state index in [4.69, 9.17) is 10.5 Å². The second-order valence-corrected chi connectivity index (χ2v) is 7.49. The van der Waals surface area contributed by atoms with Crippen LogP contribution >= 0.6 is 0 Å². The van der Waals surface area contributed by atoms with E-state index in [1.165, 1.54) is 24.8 Å². The molecule has 0 amide bonds. The van der Waals surface area contributed by atoms with Crippen LogP contribution in [-0.4, -0.2) is 43.1 Å². The van der Waals surface area contributed by atoms with Gasteiger partial charge in [-0.25, -0.2) is 0 Å². The van der Waals surface area contributed by atoms with Crippen LogP contribution in [0, 0.1) is 0 Å². The number of aliphatic imine (C=N–C) groups is 1. The number of nitrogens with one attached hydrogen (secondary N) is 1. The highest BCUT2D eigenvalue weighted by molar-refractivity contribution is 5.78. The zero-order chi connectivity index (χ0) is 17.6. The summed E-state index contributed by atoms with van der Waals surface area (Å²) in [5.41, 5.74) is 7.26. The molecule has 1 heterocycles. The van der Waals surface area contributed by atoms with Gasteiger partial charge in [-0.3, -0.25) is 9.89 Å². The molecule has 1 unspecified atom stereocenters. The average Bonchev–Trinajstić information content (AvgIpc) is 2.55. The second kappa shape index (κ2) is 8.38.